The van der Waals surface area contributed by atoms with E-state index in [4.69, 9.17) is 0 Å². The molecule has 94 valence electrons. The highest BCUT2D eigenvalue weighted by Crippen LogP contribution is 2.21. The molecule has 1 heterocycles. The van der Waals surface area contributed by atoms with E-state index < -0.39 is 0 Å². The molecule has 6 heteroatoms. The van der Waals surface area contributed by atoms with Gasteiger partial charge < -0.3 is 15.4 Å². The normalized spacial score (nSPS) is 10.3. The maximum Gasteiger partial charge on any atom is 0.305 e. The van der Waals surface area contributed by atoms with E-state index in [1.807, 2.05) is 0 Å². The van der Waals surface area contributed by atoms with Crippen LogP contribution in [0.25, 0.3) is 0 Å². The van der Waals surface area contributed by atoms with Crippen LogP contribution < -0.4 is 10.2 Å². The number of thiazole rings is 1. The predicted octanol–water partition coefficient (Wildman–Crippen LogP) is 2.01. The van der Waals surface area contributed by atoms with E-state index in [-0.39, 0.29) is 16.5 Å². The minimum absolute atomic E-state index is 0.146. The quantitative estimate of drug-likeness (QED) is 0.726. The van der Waals surface area contributed by atoms with Gasteiger partial charge >= 0.3 is 4.87 Å². The lowest BCUT2D eigenvalue weighted by molar-refractivity contribution is 0.102. The summed E-state index contributed by atoms with van der Waals surface area (Å²) < 4.78 is 0. The minimum Gasteiger partial charge on any atom is -0.508 e. The minimum atomic E-state index is -0.329. The molecule has 1 aromatic carbocycles. The SMILES string of the molecule is Cc1cc(O)ccc1NC(=O)c1sc(=O)[nH]c1C. The number of H-pyrrole nitrogens is 1. The van der Waals surface area contributed by atoms with Crippen molar-refractivity contribution in [2.45, 2.75) is 13.8 Å². The van der Waals surface area contributed by atoms with Crippen molar-refractivity contribution in [3.63, 3.8) is 0 Å². The Morgan fingerprint density at radius 2 is 2.11 bits per heavy atom. The van der Waals surface area contributed by atoms with E-state index in [9.17, 15) is 14.7 Å². The van der Waals surface area contributed by atoms with E-state index in [0.717, 1.165) is 16.9 Å². The predicted molar refractivity (Wildman–Crippen MR) is 70.5 cm³/mol. The second kappa shape index (κ2) is 4.66. The highest BCUT2D eigenvalue weighted by Gasteiger charge is 2.14. The van der Waals surface area contributed by atoms with Crippen LogP contribution in [0.4, 0.5) is 5.69 Å². The fraction of sp³-hybridized carbons (Fsp3) is 0.167. The fourth-order valence-electron chi connectivity index (χ4n) is 1.59. The summed E-state index contributed by atoms with van der Waals surface area (Å²) in [5.74, 6) is -0.183. The first-order chi connectivity index (χ1) is 8.47. The van der Waals surface area contributed by atoms with Crippen LogP contribution >= 0.6 is 11.3 Å². The van der Waals surface area contributed by atoms with Crippen molar-refractivity contribution < 1.29 is 9.90 Å². The zero-order chi connectivity index (χ0) is 13.3. The van der Waals surface area contributed by atoms with Crippen molar-refractivity contribution in [2.24, 2.45) is 0 Å². The number of aromatic hydroxyl groups is 1. The number of phenols is 1. The Hall–Kier alpha value is -2.08. The lowest BCUT2D eigenvalue weighted by atomic mass is 10.2. The third kappa shape index (κ3) is 2.43. The lowest BCUT2D eigenvalue weighted by Gasteiger charge is -2.07. The number of aryl methyl sites for hydroxylation is 2. The van der Waals surface area contributed by atoms with Crippen LogP contribution in [0, 0.1) is 13.8 Å². The molecule has 0 fully saturated rings. The second-order valence-electron chi connectivity index (χ2n) is 3.92. The van der Waals surface area contributed by atoms with Crippen molar-refractivity contribution in [1.29, 1.82) is 0 Å². The van der Waals surface area contributed by atoms with Crippen molar-refractivity contribution in [3.8, 4) is 5.75 Å². The zero-order valence-electron chi connectivity index (χ0n) is 9.90. The molecule has 0 aliphatic rings. The Morgan fingerprint density at radius 1 is 1.39 bits per heavy atom. The third-order valence-corrected chi connectivity index (χ3v) is 3.47. The summed E-state index contributed by atoms with van der Waals surface area (Å²) in [6.45, 7) is 3.46. The van der Waals surface area contributed by atoms with E-state index in [1.54, 1.807) is 26.0 Å². The average Bonchev–Trinajstić information content (AvgIpc) is 2.62. The van der Waals surface area contributed by atoms with Gasteiger partial charge in [-0.1, -0.05) is 11.3 Å². The zero-order valence-corrected chi connectivity index (χ0v) is 10.7. The summed E-state index contributed by atoms with van der Waals surface area (Å²) in [4.78, 5) is 25.8. The third-order valence-electron chi connectivity index (χ3n) is 2.49. The summed E-state index contributed by atoms with van der Waals surface area (Å²) in [5, 5.41) is 12.0. The van der Waals surface area contributed by atoms with Gasteiger partial charge in [0.15, 0.2) is 0 Å². The molecule has 0 radical (unpaired) electrons. The maximum atomic E-state index is 12.0. The number of hydrogen-bond acceptors (Lipinski definition) is 4. The first-order valence-electron chi connectivity index (χ1n) is 5.28. The Kier molecular flexibility index (Phi) is 3.20. The van der Waals surface area contributed by atoms with Gasteiger partial charge in [0.1, 0.15) is 10.6 Å². The number of aromatic nitrogens is 1. The molecule has 2 rings (SSSR count). The monoisotopic (exact) mass is 264 g/mol. The molecule has 5 nitrogen and oxygen atoms in total. The molecule has 0 aliphatic heterocycles. The molecular weight excluding hydrogens is 252 g/mol. The number of nitrogens with one attached hydrogen (secondary N) is 2. The Balaban J connectivity index is 2.26. The smallest absolute Gasteiger partial charge is 0.305 e. The van der Waals surface area contributed by atoms with Crippen LogP contribution in [0.2, 0.25) is 0 Å². The van der Waals surface area contributed by atoms with Gasteiger partial charge in [-0.05, 0) is 37.6 Å². The maximum absolute atomic E-state index is 12.0. The Labute approximate surface area is 107 Å². The van der Waals surface area contributed by atoms with Gasteiger partial charge in [-0.15, -0.1) is 0 Å². The van der Waals surface area contributed by atoms with Gasteiger partial charge in [-0.2, -0.15) is 0 Å². The molecule has 0 spiro atoms. The summed E-state index contributed by atoms with van der Waals surface area (Å²) in [6, 6.07) is 4.67. The summed E-state index contributed by atoms with van der Waals surface area (Å²) >= 11 is 0.878. The van der Waals surface area contributed by atoms with Crippen LogP contribution in [0.3, 0.4) is 0 Å². The molecule has 3 N–H and O–H groups in total. The lowest BCUT2D eigenvalue weighted by Crippen LogP contribution is -2.12. The largest absolute Gasteiger partial charge is 0.508 e. The molecule has 0 aliphatic carbocycles. The van der Waals surface area contributed by atoms with Gasteiger partial charge in [0.05, 0.1) is 0 Å². The van der Waals surface area contributed by atoms with Gasteiger partial charge in [0, 0.05) is 11.4 Å². The van der Waals surface area contributed by atoms with E-state index in [0.29, 0.717) is 16.3 Å². The number of benzene rings is 1. The number of anilines is 1. The summed E-state index contributed by atoms with van der Waals surface area (Å²) in [5.41, 5.74) is 1.92. The van der Waals surface area contributed by atoms with Crippen LogP contribution in [-0.4, -0.2) is 16.0 Å². The number of carbonyl (C=O) groups excluding carboxylic acids is 1. The van der Waals surface area contributed by atoms with Gasteiger partial charge in [-0.25, -0.2) is 0 Å². The van der Waals surface area contributed by atoms with Gasteiger partial charge in [-0.3, -0.25) is 9.59 Å². The molecule has 0 unspecified atom stereocenters. The molecule has 1 amide bonds. The molecular formula is C12H12N2O3S. The van der Waals surface area contributed by atoms with E-state index in [1.165, 1.54) is 6.07 Å². The van der Waals surface area contributed by atoms with Gasteiger partial charge in [0.25, 0.3) is 5.91 Å². The first kappa shape index (κ1) is 12.4. The molecule has 0 bridgehead atoms. The molecule has 18 heavy (non-hydrogen) atoms. The topological polar surface area (TPSA) is 82.2 Å². The Bertz CT molecular complexity index is 658. The summed E-state index contributed by atoms with van der Waals surface area (Å²) in [6.07, 6.45) is 0. The van der Waals surface area contributed by atoms with Crippen LogP contribution in [0.1, 0.15) is 20.9 Å². The van der Waals surface area contributed by atoms with Crippen molar-refractivity contribution >= 4 is 22.9 Å². The molecule has 0 saturated heterocycles. The molecule has 1 aromatic heterocycles. The molecule has 0 saturated carbocycles. The van der Waals surface area contributed by atoms with E-state index in [2.05, 4.69) is 10.3 Å². The van der Waals surface area contributed by atoms with Crippen molar-refractivity contribution in [1.82, 2.24) is 4.98 Å². The number of phenolic OH excluding ortho intramolecular Hbond substituents is 1. The Morgan fingerprint density at radius 3 is 2.67 bits per heavy atom. The molecule has 0 atom stereocenters. The standard InChI is InChI=1S/C12H12N2O3S/c1-6-5-8(15)3-4-9(6)14-11(16)10-7(2)13-12(17)18-10/h3-5,15H,1-2H3,(H,13,17)(H,14,16). The highest BCUT2D eigenvalue weighted by atomic mass is 32.1. The van der Waals surface area contributed by atoms with Gasteiger partial charge in [0.2, 0.25) is 0 Å². The van der Waals surface area contributed by atoms with Crippen LogP contribution in [0.15, 0.2) is 23.0 Å². The second-order valence-corrected chi connectivity index (χ2v) is 4.91. The number of carbonyl (C=O) groups is 1. The van der Waals surface area contributed by atoms with Crippen molar-refractivity contribution in [3.05, 3.63) is 44.0 Å². The van der Waals surface area contributed by atoms with E-state index >= 15 is 0 Å². The summed E-state index contributed by atoms with van der Waals surface area (Å²) in [7, 11) is 0. The molecule has 2 aromatic rings. The average molecular weight is 264 g/mol. The van der Waals surface area contributed by atoms with Crippen LogP contribution in [-0.2, 0) is 0 Å². The number of amides is 1. The number of hydrogen-bond donors (Lipinski definition) is 3. The number of rotatable bonds is 2. The first-order valence-corrected chi connectivity index (χ1v) is 6.09. The van der Waals surface area contributed by atoms with Crippen molar-refractivity contribution in [2.75, 3.05) is 5.32 Å². The number of aromatic amines is 1. The van der Waals surface area contributed by atoms with Crippen LogP contribution in [0.5, 0.6) is 5.75 Å². The highest BCUT2D eigenvalue weighted by molar-refractivity contribution is 7.11. The fourth-order valence-corrected chi connectivity index (χ4v) is 2.33.